The van der Waals surface area contributed by atoms with Gasteiger partial charge in [-0.3, -0.25) is 0 Å². The van der Waals surface area contributed by atoms with Crippen molar-refractivity contribution in [2.24, 2.45) is 0 Å². The number of benzene rings is 3. The van der Waals surface area contributed by atoms with E-state index in [9.17, 15) is 19.2 Å². The Balaban J connectivity index is 1.74. The lowest BCUT2D eigenvalue weighted by Gasteiger charge is -2.22. The first-order valence-electron chi connectivity index (χ1n) is 16.7. The second-order valence-corrected chi connectivity index (χ2v) is 19.7. The highest BCUT2D eigenvalue weighted by Gasteiger charge is 2.27. The Kier molecular flexibility index (Phi) is 14.9. The number of nitrogens with one attached hydrogen (secondary N) is 2. The van der Waals surface area contributed by atoms with Crippen LogP contribution in [0.3, 0.4) is 0 Å². The zero-order valence-corrected chi connectivity index (χ0v) is 31.7. The van der Waals surface area contributed by atoms with Crippen molar-refractivity contribution in [1.29, 1.82) is 0 Å². The minimum absolute atomic E-state index is 0.0486. The number of esters is 2. The highest BCUT2D eigenvalue weighted by atomic mass is 28.3. The molecular formula is C38H50N2O10Si. The van der Waals surface area contributed by atoms with Crippen LogP contribution < -0.4 is 20.1 Å². The molecule has 0 unspecified atom stereocenters. The number of carbonyl (C=O) groups excluding carboxylic acids is 4. The zero-order valence-electron chi connectivity index (χ0n) is 30.7. The molecule has 51 heavy (non-hydrogen) atoms. The molecule has 0 aromatic heterocycles. The van der Waals surface area contributed by atoms with Crippen molar-refractivity contribution in [3.8, 4) is 17.2 Å². The second-order valence-electron chi connectivity index (χ2n) is 14.1. The maximum absolute atomic E-state index is 13.2. The Morgan fingerprint density at radius 2 is 1.31 bits per heavy atom. The van der Waals surface area contributed by atoms with Crippen LogP contribution in [0.1, 0.15) is 37.5 Å². The molecule has 0 radical (unpaired) electrons. The Hall–Kier alpha value is -5.04. The third-order valence-electron chi connectivity index (χ3n) is 7.32. The van der Waals surface area contributed by atoms with Gasteiger partial charge in [0.15, 0.2) is 11.5 Å². The third kappa shape index (κ3) is 14.8. The zero-order chi connectivity index (χ0) is 37.6. The van der Waals surface area contributed by atoms with Gasteiger partial charge in [-0.25, -0.2) is 19.2 Å². The Morgan fingerprint density at radius 1 is 0.706 bits per heavy atom. The third-order valence-corrected chi connectivity index (χ3v) is 9.03. The lowest BCUT2D eigenvalue weighted by Crippen LogP contribution is -2.45. The highest BCUT2D eigenvalue weighted by molar-refractivity contribution is 6.76. The number of hydrogen-bond donors (Lipinski definition) is 2. The van der Waals surface area contributed by atoms with Gasteiger partial charge in [0.25, 0.3) is 0 Å². The van der Waals surface area contributed by atoms with Crippen molar-refractivity contribution in [2.75, 3.05) is 20.8 Å². The Labute approximate surface area is 301 Å². The summed E-state index contributed by atoms with van der Waals surface area (Å²) in [5.74, 6) is 0.109. The fourth-order valence-electron chi connectivity index (χ4n) is 4.66. The molecule has 2 N–H and O–H groups in total. The van der Waals surface area contributed by atoms with Crippen molar-refractivity contribution in [2.45, 2.75) is 83.6 Å². The number of rotatable bonds is 16. The molecule has 0 fully saturated rings. The number of carbonyl (C=O) groups is 4. The molecule has 0 aliphatic carbocycles. The fraction of sp³-hybridized carbons (Fsp3) is 0.421. The number of methoxy groups -OCH3 is 2. The van der Waals surface area contributed by atoms with E-state index in [1.165, 1.54) is 14.2 Å². The van der Waals surface area contributed by atoms with Gasteiger partial charge in [0, 0.05) is 20.9 Å². The van der Waals surface area contributed by atoms with Gasteiger partial charge in [0.05, 0.1) is 20.8 Å². The van der Waals surface area contributed by atoms with Crippen molar-refractivity contribution in [3.63, 3.8) is 0 Å². The average molecular weight is 723 g/mol. The predicted octanol–water partition coefficient (Wildman–Crippen LogP) is 6.82. The minimum Gasteiger partial charge on any atom is -0.493 e. The Bertz CT molecular complexity index is 1600. The van der Waals surface area contributed by atoms with E-state index in [2.05, 4.69) is 30.3 Å². The van der Waals surface area contributed by atoms with Gasteiger partial charge in [0.1, 0.15) is 30.0 Å². The summed E-state index contributed by atoms with van der Waals surface area (Å²) in [6, 6.07) is 20.2. The minimum atomic E-state index is -1.47. The molecule has 3 rings (SSSR count). The van der Waals surface area contributed by atoms with Crippen molar-refractivity contribution < 1.29 is 47.6 Å². The molecule has 0 heterocycles. The monoisotopic (exact) mass is 722 g/mol. The molecule has 0 saturated heterocycles. The normalized spacial score (nSPS) is 12.5. The maximum atomic E-state index is 13.2. The molecule has 0 aliphatic heterocycles. The van der Waals surface area contributed by atoms with E-state index in [4.69, 9.17) is 28.4 Å². The van der Waals surface area contributed by atoms with Gasteiger partial charge in [-0.05, 0) is 67.8 Å². The van der Waals surface area contributed by atoms with E-state index in [0.717, 1.165) is 17.2 Å². The highest BCUT2D eigenvalue weighted by Crippen LogP contribution is 2.33. The number of hydrogen-bond acceptors (Lipinski definition) is 10. The van der Waals surface area contributed by atoms with E-state index in [0.29, 0.717) is 22.8 Å². The molecule has 3 aromatic rings. The van der Waals surface area contributed by atoms with Gasteiger partial charge in [-0.1, -0.05) is 68.2 Å². The molecule has 0 saturated carbocycles. The fourth-order valence-corrected chi connectivity index (χ4v) is 5.38. The first-order valence-corrected chi connectivity index (χ1v) is 20.4. The first kappa shape index (κ1) is 40.4. The van der Waals surface area contributed by atoms with E-state index in [1.54, 1.807) is 63.2 Å². The van der Waals surface area contributed by atoms with E-state index >= 15 is 0 Å². The van der Waals surface area contributed by atoms with Crippen LogP contribution in [-0.4, -0.2) is 70.7 Å². The lowest BCUT2D eigenvalue weighted by atomic mass is 10.0. The average Bonchev–Trinajstić information content (AvgIpc) is 3.06. The Morgan fingerprint density at radius 3 is 1.92 bits per heavy atom. The summed E-state index contributed by atoms with van der Waals surface area (Å²) < 4.78 is 32.9. The lowest BCUT2D eigenvalue weighted by molar-refractivity contribution is -0.145. The summed E-state index contributed by atoms with van der Waals surface area (Å²) in [7, 11) is 1.29. The summed E-state index contributed by atoms with van der Waals surface area (Å²) in [5, 5.41) is 5.24. The molecule has 0 aliphatic rings. The van der Waals surface area contributed by atoms with E-state index in [1.807, 2.05) is 30.3 Å². The first-order chi connectivity index (χ1) is 24.0. The van der Waals surface area contributed by atoms with Crippen LogP contribution in [0.2, 0.25) is 25.7 Å². The number of amides is 2. The van der Waals surface area contributed by atoms with Crippen LogP contribution in [0.4, 0.5) is 9.59 Å². The summed E-state index contributed by atoms with van der Waals surface area (Å²) >= 11 is 0. The summed E-state index contributed by atoms with van der Waals surface area (Å²) in [6.07, 6.45) is -1.22. The van der Waals surface area contributed by atoms with Crippen LogP contribution in [0.25, 0.3) is 0 Å². The van der Waals surface area contributed by atoms with Crippen LogP contribution in [0.15, 0.2) is 72.8 Å². The topological polar surface area (TPSA) is 148 Å². The van der Waals surface area contributed by atoms with Crippen LogP contribution in [-0.2, 0) is 48.0 Å². The molecule has 276 valence electrons. The van der Waals surface area contributed by atoms with Crippen molar-refractivity contribution in [1.82, 2.24) is 10.6 Å². The number of ether oxygens (including phenoxy) is 6. The van der Waals surface area contributed by atoms with Gasteiger partial charge >= 0.3 is 24.1 Å². The standard InChI is InChI=1S/C38H50N2O10Si/c1-38(2,3)50-37(44)40-30(34(41)46-5)22-26-14-17-29(18-15-26)49-33-24-28(16-19-32(33)45-4)23-31(35(42)47-20-21-51(6,7)8)39-36(43)48-25-27-12-10-9-11-13-27/h9-19,24,30-31H,20-23,25H2,1-8H3,(H,39,43)(H,40,44)/t30-,31-/m1/s1. The van der Waals surface area contributed by atoms with Crippen LogP contribution >= 0.6 is 0 Å². The van der Waals surface area contributed by atoms with E-state index in [-0.39, 0.29) is 26.1 Å². The van der Waals surface area contributed by atoms with Crippen LogP contribution in [0, 0.1) is 0 Å². The predicted molar refractivity (Wildman–Crippen MR) is 195 cm³/mol. The van der Waals surface area contributed by atoms with Gasteiger partial charge in [-0.15, -0.1) is 0 Å². The second kappa shape index (κ2) is 18.8. The molecule has 13 heteroatoms. The molecule has 3 aromatic carbocycles. The molecule has 2 amide bonds. The largest absolute Gasteiger partial charge is 0.493 e. The van der Waals surface area contributed by atoms with Crippen molar-refractivity contribution >= 4 is 32.2 Å². The van der Waals surface area contributed by atoms with Gasteiger partial charge < -0.3 is 39.1 Å². The summed E-state index contributed by atoms with van der Waals surface area (Å²) in [4.78, 5) is 50.8. The molecular weight excluding hydrogens is 673 g/mol. The molecule has 0 bridgehead atoms. The maximum Gasteiger partial charge on any atom is 0.408 e. The molecule has 0 spiro atoms. The summed E-state index contributed by atoms with van der Waals surface area (Å²) in [6.45, 7) is 12.1. The van der Waals surface area contributed by atoms with Gasteiger partial charge in [0.2, 0.25) is 0 Å². The number of alkyl carbamates (subject to hydrolysis) is 2. The SMILES string of the molecule is COC(=O)[C@@H](Cc1ccc(Oc2cc(C[C@@H](NC(=O)OCc3ccccc3)C(=O)OCC[Si](C)(C)C)ccc2OC)cc1)NC(=O)OC(C)(C)C. The van der Waals surface area contributed by atoms with E-state index < -0.39 is 49.9 Å². The van der Waals surface area contributed by atoms with Crippen molar-refractivity contribution in [3.05, 3.63) is 89.5 Å². The van der Waals surface area contributed by atoms with Crippen LogP contribution in [0.5, 0.6) is 17.2 Å². The summed E-state index contributed by atoms with van der Waals surface area (Å²) in [5.41, 5.74) is 1.49. The smallest absolute Gasteiger partial charge is 0.408 e. The molecule has 2 atom stereocenters. The quantitative estimate of drug-likeness (QED) is 0.0918. The van der Waals surface area contributed by atoms with Gasteiger partial charge in [-0.2, -0.15) is 0 Å². The molecule has 12 nitrogen and oxygen atoms in total.